The van der Waals surface area contributed by atoms with Gasteiger partial charge in [-0.15, -0.1) is 0 Å². The van der Waals surface area contributed by atoms with Gasteiger partial charge in [-0.25, -0.2) is 4.39 Å². The van der Waals surface area contributed by atoms with Gasteiger partial charge >= 0.3 is 0 Å². The van der Waals surface area contributed by atoms with Gasteiger partial charge in [0.05, 0.1) is 14.2 Å². The SMILES string of the molecule is COc1cc(OC)cc(C(=O)NC(C(=O)NCc2ccc(C)c(F)c2)C(C)C)c1. The first-order valence-electron chi connectivity index (χ1n) is 9.31. The Morgan fingerprint density at radius 1 is 1.03 bits per heavy atom. The zero-order chi connectivity index (χ0) is 21.6. The zero-order valence-corrected chi connectivity index (χ0v) is 17.3. The minimum absolute atomic E-state index is 0.152. The molecule has 6 nitrogen and oxygen atoms in total. The van der Waals surface area contributed by atoms with E-state index in [-0.39, 0.29) is 24.2 Å². The number of methoxy groups -OCH3 is 2. The van der Waals surface area contributed by atoms with E-state index in [0.29, 0.717) is 28.2 Å². The second-order valence-corrected chi connectivity index (χ2v) is 7.10. The molecule has 0 spiro atoms. The molecule has 0 saturated carbocycles. The maximum Gasteiger partial charge on any atom is 0.252 e. The molecule has 29 heavy (non-hydrogen) atoms. The van der Waals surface area contributed by atoms with E-state index in [9.17, 15) is 14.0 Å². The van der Waals surface area contributed by atoms with Crippen LogP contribution in [0.25, 0.3) is 0 Å². The van der Waals surface area contributed by atoms with Crippen molar-refractivity contribution in [2.24, 2.45) is 5.92 Å². The predicted molar refractivity (Wildman–Crippen MR) is 109 cm³/mol. The highest BCUT2D eigenvalue weighted by molar-refractivity contribution is 5.98. The number of nitrogens with one attached hydrogen (secondary N) is 2. The van der Waals surface area contributed by atoms with E-state index in [4.69, 9.17) is 9.47 Å². The summed E-state index contributed by atoms with van der Waals surface area (Å²) >= 11 is 0. The number of halogens is 1. The molecule has 1 atom stereocenters. The fraction of sp³-hybridized carbons (Fsp3) is 0.364. The van der Waals surface area contributed by atoms with Crippen LogP contribution in [0.4, 0.5) is 4.39 Å². The van der Waals surface area contributed by atoms with Crippen LogP contribution in [0.5, 0.6) is 11.5 Å². The second-order valence-electron chi connectivity index (χ2n) is 7.10. The molecule has 0 saturated heterocycles. The number of rotatable bonds is 8. The Hall–Kier alpha value is -3.09. The van der Waals surface area contributed by atoms with Crippen LogP contribution in [0.15, 0.2) is 36.4 Å². The molecule has 0 fully saturated rings. The van der Waals surface area contributed by atoms with Crippen LogP contribution in [0.2, 0.25) is 0 Å². The van der Waals surface area contributed by atoms with Crippen molar-refractivity contribution in [3.8, 4) is 11.5 Å². The second kappa shape index (κ2) is 9.91. The van der Waals surface area contributed by atoms with Crippen molar-refractivity contribution < 1.29 is 23.5 Å². The highest BCUT2D eigenvalue weighted by atomic mass is 19.1. The van der Waals surface area contributed by atoms with E-state index < -0.39 is 11.9 Å². The molecule has 2 aromatic rings. The van der Waals surface area contributed by atoms with Crippen LogP contribution in [-0.4, -0.2) is 32.1 Å². The maximum absolute atomic E-state index is 13.7. The number of carbonyl (C=O) groups is 2. The summed E-state index contributed by atoms with van der Waals surface area (Å²) in [7, 11) is 2.99. The van der Waals surface area contributed by atoms with Crippen molar-refractivity contribution in [2.75, 3.05) is 14.2 Å². The lowest BCUT2D eigenvalue weighted by molar-refractivity contribution is -0.124. The van der Waals surface area contributed by atoms with E-state index in [1.165, 1.54) is 20.3 Å². The van der Waals surface area contributed by atoms with Gasteiger partial charge in [-0.1, -0.05) is 26.0 Å². The molecule has 0 radical (unpaired) electrons. The number of amides is 2. The van der Waals surface area contributed by atoms with Crippen molar-refractivity contribution in [3.05, 3.63) is 58.9 Å². The van der Waals surface area contributed by atoms with Gasteiger partial charge in [-0.05, 0) is 42.2 Å². The normalized spacial score (nSPS) is 11.7. The molecule has 0 aliphatic carbocycles. The van der Waals surface area contributed by atoms with Crippen LogP contribution in [0.3, 0.4) is 0 Å². The Labute approximate surface area is 170 Å². The number of ether oxygens (including phenoxy) is 2. The molecule has 0 bridgehead atoms. The molecular formula is C22H27FN2O4. The standard InChI is InChI=1S/C22H27FN2O4/c1-13(2)20(22(27)24-12-15-7-6-14(3)19(23)8-15)25-21(26)16-9-17(28-4)11-18(10-16)29-5/h6-11,13,20H,12H2,1-5H3,(H,24,27)(H,25,26). The molecular weight excluding hydrogens is 375 g/mol. The summed E-state index contributed by atoms with van der Waals surface area (Å²) < 4.78 is 24.0. The molecule has 7 heteroatoms. The van der Waals surface area contributed by atoms with Crippen molar-refractivity contribution >= 4 is 11.8 Å². The van der Waals surface area contributed by atoms with Gasteiger partial charge in [-0.2, -0.15) is 0 Å². The van der Waals surface area contributed by atoms with Gasteiger partial charge in [0.2, 0.25) is 5.91 Å². The Kier molecular flexibility index (Phi) is 7.59. The summed E-state index contributed by atoms with van der Waals surface area (Å²) in [5, 5.41) is 5.52. The number of carbonyl (C=O) groups excluding carboxylic acids is 2. The van der Waals surface area contributed by atoms with Crippen molar-refractivity contribution in [1.82, 2.24) is 10.6 Å². The predicted octanol–water partition coefficient (Wildman–Crippen LogP) is 3.22. The molecule has 2 amide bonds. The van der Waals surface area contributed by atoms with Gasteiger partial charge in [0.1, 0.15) is 23.4 Å². The third kappa shape index (κ3) is 5.94. The molecule has 2 rings (SSSR count). The van der Waals surface area contributed by atoms with E-state index in [1.807, 2.05) is 13.8 Å². The largest absolute Gasteiger partial charge is 0.497 e. The topological polar surface area (TPSA) is 76.7 Å². The van der Waals surface area contributed by atoms with Gasteiger partial charge < -0.3 is 20.1 Å². The average molecular weight is 402 g/mol. The Morgan fingerprint density at radius 2 is 1.66 bits per heavy atom. The molecule has 1 unspecified atom stereocenters. The van der Waals surface area contributed by atoms with Gasteiger partial charge in [0.15, 0.2) is 0 Å². The summed E-state index contributed by atoms with van der Waals surface area (Å²) in [6, 6.07) is 8.85. The average Bonchev–Trinajstić information content (AvgIpc) is 2.71. The summed E-state index contributed by atoms with van der Waals surface area (Å²) in [6.07, 6.45) is 0. The van der Waals surface area contributed by atoms with Gasteiger partial charge in [0.25, 0.3) is 5.91 Å². The third-order valence-electron chi connectivity index (χ3n) is 4.55. The Bertz CT molecular complexity index is 861. The molecule has 0 aromatic heterocycles. The highest BCUT2D eigenvalue weighted by Gasteiger charge is 2.25. The number of hydrogen-bond donors (Lipinski definition) is 2. The molecule has 0 aliphatic heterocycles. The van der Waals surface area contributed by atoms with Crippen molar-refractivity contribution in [3.63, 3.8) is 0 Å². The first kappa shape index (κ1) is 22.2. The fourth-order valence-electron chi connectivity index (χ4n) is 2.74. The molecule has 0 heterocycles. The van der Waals surface area contributed by atoms with Crippen molar-refractivity contribution in [1.29, 1.82) is 0 Å². The van der Waals surface area contributed by atoms with E-state index in [0.717, 1.165) is 0 Å². The minimum Gasteiger partial charge on any atom is -0.497 e. The lowest BCUT2D eigenvalue weighted by Gasteiger charge is -2.22. The minimum atomic E-state index is -0.755. The number of benzene rings is 2. The summed E-state index contributed by atoms with van der Waals surface area (Å²) in [5.74, 6) is -0.289. The van der Waals surface area contributed by atoms with Gasteiger partial charge in [0, 0.05) is 18.2 Å². The molecule has 2 N–H and O–H groups in total. The smallest absolute Gasteiger partial charge is 0.252 e. The van der Waals surface area contributed by atoms with E-state index in [1.54, 1.807) is 37.3 Å². The van der Waals surface area contributed by atoms with Crippen LogP contribution in [0, 0.1) is 18.7 Å². The maximum atomic E-state index is 13.7. The highest BCUT2D eigenvalue weighted by Crippen LogP contribution is 2.22. The lowest BCUT2D eigenvalue weighted by atomic mass is 10.0. The summed E-state index contributed by atoms with van der Waals surface area (Å²) in [4.78, 5) is 25.4. The van der Waals surface area contributed by atoms with Crippen LogP contribution in [0.1, 0.15) is 35.3 Å². The number of hydrogen-bond acceptors (Lipinski definition) is 4. The first-order chi connectivity index (χ1) is 13.7. The van der Waals surface area contributed by atoms with E-state index in [2.05, 4.69) is 10.6 Å². The van der Waals surface area contributed by atoms with Crippen LogP contribution >= 0.6 is 0 Å². The Balaban J connectivity index is 2.09. The van der Waals surface area contributed by atoms with Crippen molar-refractivity contribution in [2.45, 2.75) is 33.4 Å². The summed E-state index contributed by atoms with van der Waals surface area (Å²) in [5.41, 5.74) is 1.51. The first-order valence-corrected chi connectivity index (χ1v) is 9.31. The Morgan fingerprint density at radius 3 is 2.17 bits per heavy atom. The third-order valence-corrected chi connectivity index (χ3v) is 4.55. The molecule has 156 valence electrons. The zero-order valence-electron chi connectivity index (χ0n) is 17.3. The molecule has 0 aliphatic rings. The monoisotopic (exact) mass is 402 g/mol. The lowest BCUT2D eigenvalue weighted by Crippen LogP contribution is -2.49. The number of aryl methyl sites for hydroxylation is 1. The quantitative estimate of drug-likeness (QED) is 0.711. The van der Waals surface area contributed by atoms with Gasteiger partial charge in [-0.3, -0.25) is 9.59 Å². The fourth-order valence-corrected chi connectivity index (χ4v) is 2.74. The summed E-state index contributed by atoms with van der Waals surface area (Å²) in [6.45, 7) is 5.52. The van der Waals surface area contributed by atoms with Crippen LogP contribution < -0.4 is 20.1 Å². The molecule has 2 aromatic carbocycles. The van der Waals surface area contributed by atoms with Crippen LogP contribution in [-0.2, 0) is 11.3 Å². The van der Waals surface area contributed by atoms with E-state index >= 15 is 0 Å².